The van der Waals surface area contributed by atoms with Crippen LogP contribution in [0.4, 0.5) is 0 Å². The molecule has 1 amide bonds. The maximum absolute atomic E-state index is 12.3. The van der Waals surface area contributed by atoms with Crippen molar-refractivity contribution in [3.63, 3.8) is 0 Å². The highest BCUT2D eigenvalue weighted by molar-refractivity contribution is 9.10. The first kappa shape index (κ1) is 14.9. The molecule has 0 N–H and O–H groups in total. The molecule has 104 valence electrons. The van der Waals surface area contributed by atoms with Gasteiger partial charge < -0.3 is 4.90 Å². The Morgan fingerprint density at radius 1 is 1.32 bits per heavy atom. The second-order valence-electron chi connectivity index (χ2n) is 4.99. The van der Waals surface area contributed by atoms with Crippen molar-refractivity contribution in [2.45, 2.75) is 44.7 Å². The molecule has 1 fully saturated rings. The van der Waals surface area contributed by atoms with E-state index in [1.807, 2.05) is 23.1 Å². The first-order valence-electron chi connectivity index (χ1n) is 6.81. The highest BCUT2D eigenvalue weighted by atomic mass is 79.9. The fourth-order valence-corrected chi connectivity index (χ4v) is 2.73. The number of halogens is 2. The molecule has 0 atom stereocenters. The Balaban J connectivity index is 1.96. The molecule has 0 unspecified atom stereocenters. The first-order chi connectivity index (χ1) is 9.22. The Labute approximate surface area is 128 Å². The van der Waals surface area contributed by atoms with Crippen molar-refractivity contribution in [2.24, 2.45) is 0 Å². The summed E-state index contributed by atoms with van der Waals surface area (Å²) in [5.74, 6) is 0.907. The van der Waals surface area contributed by atoms with E-state index < -0.39 is 0 Å². The average molecular weight is 345 g/mol. The fourth-order valence-electron chi connectivity index (χ4n) is 2.13. The van der Waals surface area contributed by atoms with Crippen molar-refractivity contribution in [3.8, 4) is 0 Å². The minimum atomic E-state index is 0.267. The lowest BCUT2D eigenvalue weighted by molar-refractivity contribution is -0.132. The van der Waals surface area contributed by atoms with Gasteiger partial charge in [-0.25, -0.2) is 0 Å². The van der Waals surface area contributed by atoms with E-state index in [1.54, 1.807) is 0 Å². The van der Waals surface area contributed by atoms with Crippen LogP contribution >= 0.6 is 27.5 Å². The number of hydrogen-bond donors (Lipinski definition) is 0. The van der Waals surface area contributed by atoms with Gasteiger partial charge in [-0.2, -0.15) is 0 Å². The predicted octanol–water partition coefficient (Wildman–Crippen LogP) is 4.35. The zero-order chi connectivity index (χ0) is 13.7. The van der Waals surface area contributed by atoms with E-state index in [9.17, 15) is 4.79 Å². The smallest absolute Gasteiger partial charge is 0.223 e. The van der Waals surface area contributed by atoms with Crippen LogP contribution in [0.15, 0.2) is 28.7 Å². The van der Waals surface area contributed by atoms with Crippen LogP contribution in [0.2, 0.25) is 0 Å². The number of alkyl halides is 1. The van der Waals surface area contributed by atoms with Gasteiger partial charge in [0, 0.05) is 29.4 Å². The largest absolute Gasteiger partial charge is 0.335 e. The summed E-state index contributed by atoms with van der Waals surface area (Å²) in [6.07, 6.45) is 4.72. The number of rotatable bonds is 7. The fraction of sp³-hybridized carbons (Fsp3) is 0.533. The number of carbonyl (C=O) groups is 1. The van der Waals surface area contributed by atoms with E-state index in [1.165, 1.54) is 5.56 Å². The summed E-state index contributed by atoms with van der Waals surface area (Å²) in [5.41, 5.74) is 1.18. The molecular formula is C15H19BrClNO. The number of hydrogen-bond acceptors (Lipinski definition) is 1. The van der Waals surface area contributed by atoms with E-state index in [-0.39, 0.29) is 5.91 Å². The summed E-state index contributed by atoms with van der Waals surface area (Å²) in [5, 5.41) is 0. The van der Waals surface area contributed by atoms with Gasteiger partial charge in [-0.1, -0.05) is 34.1 Å². The molecule has 19 heavy (non-hydrogen) atoms. The molecule has 1 saturated carbocycles. The Morgan fingerprint density at radius 2 is 2.05 bits per heavy atom. The normalized spacial score (nSPS) is 14.4. The van der Waals surface area contributed by atoms with Gasteiger partial charge >= 0.3 is 0 Å². The van der Waals surface area contributed by atoms with Gasteiger partial charge in [-0.05, 0) is 37.3 Å². The van der Waals surface area contributed by atoms with Crippen molar-refractivity contribution >= 4 is 33.4 Å². The van der Waals surface area contributed by atoms with Crippen molar-refractivity contribution in [3.05, 3.63) is 34.3 Å². The van der Waals surface area contributed by atoms with E-state index in [0.29, 0.717) is 24.9 Å². The maximum Gasteiger partial charge on any atom is 0.223 e. The lowest BCUT2D eigenvalue weighted by Gasteiger charge is -2.23. The predicted molar refractivity (Wildman–Crippen MR) is 82.3 cm³/mol. The zero-order valence-corrected chi connectivity index (χ0v) is 13.3. The topological polar surface area (TPSA) is 20.3 Å². The van der Waals surface area contributed by atoms with Gasteiger partial charge in [-0.3, -0.25) is 4.79 Å². The summed E-state index contributed by atoms with van der Waals surface area (Å²) < 4.78 is 1.08. The Kier molecular flexibility index (Phi) is 5.71. The minimum absolute atomic E-state index is 0.267. The van der Waals surface area contributed by atoms with E-state index in [2.05, 4.69) is 22.0 Å². The van der Waals surface area contributed by atoms with E-state index in [0.717, 1.165) is 30.2 Å². The molecule has 0 radical (unpaired) electrons. The van der Waals surface area contributed by atoms with Gasteiger partial charge in [0.15, 0.2) is 0 Å². The monoisotopic (exact) mass is 343 g/mol. The van der Waals surface area contributed by atoms with E-state index >= 15 is 0 Å². The lowest BCUT2D eigenvalue weighted by Crippen LogP contribution is -2.32. The van der Waals surface area contributed by atoms with Crippen LogP contribution in [-0.2, 0) is 11.3 Å². The minimum Gasteiger partial charge on any atom is -0.335 e. The SMILES string of the molecule is O=C(CCCCCl)N(Cc1ccccc1Br)C1CC1. The van der Waals surface area contributed by atoms with Crippen molar-refractivity contribution in [1.29, 1.82) is 0 Å². The molecule has 0 heterocycles. The number of nitrogens with zero attached hydrogens (tertiary/aromatic N) is 1. The van der Waals surface area contributed by atoms with Crippen LogP contribution in [0.3, 0.4) is 0 Å². The third-order valence-corrected chi connectivity index (χ3v) is 4.42. The molecule has 0 saturated heterocycles. The summed E-state index contributed by atoms with van der Waals surface area (Å²) in [4.78, 5) is 14.3. The van der Waals surface area contributed by atoms with Crippen LogP contribution < -0.4 is 0 Å². The molecule has 0 bridgehead atoms. The Morgan fingerprint density at radius 3 is 2.68 bits per heavy atom. The Bertz CT molecular complexity index is 434. The number of carbonyl (C=O) groups excluding carboxylic acids is 1. The third kappa shape index (κ3) is 4.50. The van der Waals surface area contributed by atoms with Gasteiger partial charge in [0.1, 0.15) is 0 Å². The molecule has 4 heteroatoms. The summed E-state index contributed by atoms with van der Waals surface area (Å²) in [6, 6.07) is 8.57. The second kappa shape index (κ2) is 7.30. The highest BCUT2D eigenvalue weighted by Crippen LogP contribution is 2.30. The lowest BCUT2D eigenvalue weighted by atomic mass is 10.2. The molecule has 0 aliphatic heterocycles. The van der Waals surface area contributed by atoms with Crippen LogP contribution in [0.5, 0.6) is 0 Å². The van der Waals surface area contributed by atoms with Crippen LogP contribution in [0.1, 0.15) is 37.7 Å². The third-order valence-electron chi connectivity index (χ3n) is 3.38. The zero-order valence-electron chi connectivity index (χ0n) is 10.9. The molecule has 1 aliphatic carbocycles. The number of benzene rings is 1. The van der Waals surface area contributed by atoms with Gasteiger partial charge in [0.05, 0.1) is 0 Å². The number of unbranched alkanes of at least 4 members (excludes halogenated alkanes) is 1. The highest BCUT2D eigenvalue weighted by Gasteiger charge is 2.32. The van der Waals surface area contributed by atoms with Crippen molar-refractivity contribution in [1.82, 2.24) is 4.90 Å². The molecule has 2 rings (SSSR count). The maximum atomic E-state index is 12.3. The summed E-state index contributed by atoms with van der Waals surface area (Å²) >= 11 is 9.21. The van der Waals surface area contributed by atoms with E-state index in [4.69, 9.17) is 11.6 Å². The summed E-state index contributed by atoms with van der Waals surface area (Å²) in [6.45, 7) is 0.714. The number of amides is 1. The quantitative estimate of drug-likeness (QED) is 0.532. The molecule has 0 aromatic heterocycles. The summed E-state index contributed by atoms with van der Waals surface area (Å²) in [7, 11) is 0. The average Bonchev–Trinajstić information content (AvgIpc) is 3.22. The van der Waals surface area contributed by atoms with Crippen LogP contribution in [-0.4, -0.2) is 22.7 Å². The van der Waals surface area contributed by atoms with Crippen LogP contribution in [0, 0.1) is 0 Å². The van der Waals surface area contributed by atoms with Crippen LogP contribution in [0.25, 0.3) is 0 Å². The molecule has 0 spiro atoms. The van der Waals surface area contributed by atoms with Gasteiger partial charge in [-0.15, -0.1) is 11.6 Å². The van der Waals surface area contributed by atoms with Gasteiger partial charge in [0.2, 0.25) is 5.91 Å². The van der Waals surface area contributed by atoms with Crippen molar-refractivity contribution < 1.29 is 4.79 Å². The molecular weight excluding hydrogens is 326 g/mol. The Hall–Kier alpha value is -0.540. The van der Waals surface area contributed by atoms with Crippen molar-refractivity contribution in [2.75, 3.05) is 5.88 Å². The molecule has 1 aromatic rings. The molecule has 2 nitrogen and oxygen atoms in total. The molecule has 1 aliphatic rings. The molecule has 1 aromatic carbocycles. The first-order valence-corrected chi connectivity index (χ1v) is 8.14. The standard InChI is InChI=1S/C15H19BrClNO/c16-14-6-2-1-5-12(14)11-18(13-8-9-13)15(19)7-3-4-10-17/h1-2,5-6,13H,3-4,7-11H2. The van der Waals surface area contributed by atoms with Gasteiger partial charge in [0.25, 0.3) is 0 Å². The second-order valence-corrected chi connectivity index (χ2v) is 6.22.